The van der Waals surface area contributed by atoms with Crippen LogP contribution >= 0.6 is 0 Å². The molecule has 2 rings (SSSR count). The first kappa shape index (κ1) is 10.5. The Morgan fingerprint density at radius 1 is 0.769 bits per heavy atom. The van der Waals surface area contributed by atoms with Gasteiger partial charge in [0.05, 0.1) is 0 Å². The Labute approximate surface area is 101 Å². The van der Waals surface area contributed by atoms with Crippen molar-refractivity contribution in [2.45, 2.75) is 0 Å². The molecule has 0 aliphatic carbocycles. The molecular weight excluding hydrogens is 167 g/mol. The normalized spacial score (nSPS) is 8.92. The molecule has 1 heteroatoms. The summed E-state index contributed by atoms with van der Waals surface area (Å²) in [6.45, 7) is 0. The Morgan fingerprint density at radius 2 is 1.46 bits per heavy atom. The van der Waals surface area contributed by atoms with Crippen LogP contribution < -0.4 is 29.6 Å². The van der Waals surface area contributed by atoms with Gasteiger partial charge in [-0.1, -0.05) is 35.9 Å². The molecular formula is C12H9Na. The van der Waals surface area contributed by atoms with Gasteiger partial charge in [0, 0.05) is 0 Å². The molecule has 2 aromatic carbocycles. The Balaban J connectivity index is 0.000000845. The first-order chi connectivity index (χ1) is 5.97. The Bertz CT molecular complexity index is 303. The third-order valence-electron chi connectivity index (χ3n) is 1.81. The van der Waals surface area contributed by atoms with Crippen molar-refractivity contribution in [3.63, 3.8) is 0 Å². The van der Waals surface area contributed by atoms with Crippen LogP contribution in [-0.4, -0.2) is 0 Å². The molecule has 0 saturated heterocycles. The van der Waals surface area contributed by atoms with Crippen LogP contribution in [0.5, 0.6) is 0 Å². The molecule has 2 aromatic rings. The smallest absolute Gasteiger partial charge is 0.183 e. The minimum atomic E-state index is 0. The third kappa shape index (κ3) is 2.70. The molecule has 0 N–H and O–H groups in total. The fourth-order valence-corrected chi connectivity index (χ4v) is 1.20. The molecule has 0 spiro atoms. The number of rotatable bonds is 1. The predicted octanol–water partition coefficient (Wildman–Crippen LogP) is 0.158. The van der Waals surface area contributed by atoms with Gasteiger partial charge in [-0.05, 0) is 0 Å². The number of hydrogen-bond acceptors (Lipinski definition) is 0. The number of hydrogen-bond donors (Lipinski definition) is 0. The van der Waals surface area contributed by atoms with E-state index >= 15 is 0 Å². The van der Waals surface area contributed by atoms with Gasteiger partial charge >= 0.3 is 29.6 Å². The van der Waals surface area contributed by atoms with Crippen LogP contribution in [0.25, 0.3) is 11.1 Å². The SMILES string of the molecule is [Na+].[c-]1cccc(-c2ccccc2)c1. The van der Waals surface area contributed by atoms with Crippen LogP contribution in [0.1, 0.15) is 0 Å². The van der Waals surface area contributed by atoms with Crippen molar-refractivity contribution in [1.29, 1.82) is 0 Å². The van der Waals surface area contributed by atoms with E-state index in [1.54, 1.807) is 0 Å². The van der Waals surface area contributed by atoms with Crippen molar-refractivity contribution in [1.82, 2.24) is 0 Å². The van der Waals surface area contributed by atoms with Crippen molar-refractivity contribution in [2.24, 2.45) is 0 Å². The monoisotopic (exact) mass is 176 g/mol. The van der Waals surface area contributed by atoms with E-state index in [0.29, 0.717) is 0 Å². The van der Waals surface area contributed by atoms with E-state index in [4.69, 9.17) is 0 Å². The second kappa shape index (κ2) is 5.23. The molecule has 58 valence electrons. The third-order valence-corrected chi connectivity index (χ3v) is 1.81. The summed E-state index contributed by atoms with van der Waals surface area (Å²) < 4.78 is 0. The van der Waals surface area contributed by atoms with Crippen molar-refractivity contribution < 1.29 is 29.6 Å². The standard InChI is InChI=1S/C12H9.Na/c1-3-7-11(8-4-1)12-9-5-2-6-10-12;/h1-5,7-10H;/q-1;+1. The van der Waals surface area contributed by atoms with Gasteiger partial charge in [0.25, 0.3) is 0 Å². The summed E-state index contributed by atoms with van der Waals surface area (Å²) in [5.74, 6) is 0. The molecule has 0 aliphatic heterocycles. The van der Waals surface area contributed by atoms with Crippen LogP contribution in [0.2, 0.25) is 0 Å². The maximum atomic E-state index is 3.06. The van der Waals surface area contributed by atoms with E-state index in [2.05, 4.69) is 24.3 Å². The number of benzene rings is 2. The zero-order chi connectivity index (χ0) is 8.23. The van der Waals surface area contributed by atoms with Crippen molar-refractivity contribution in [3.8, 4) is 11.1 Å². The van der Waals surface area contributed by atoms with Crippen LogP contribution in [0.4, 0.5) is 0 Å². The van der Waals surface area contributed by atoms with Crippen molar-refractivity contribution in [2.75, 3.05) is 0 Å². The van der Waals surface area contributed by atoms with Crippen molar-refractivity contribution >= 4 is 0 Å². The van der Waals surface area contributed by atoms with E-state index in [1.165, 1.54) is 11.1 Å². The summed E-state index contributed by atoms with van der Waals surface area (Å²) in [6.07, 6.45) is 0. The van der Waals surface area contributed by atoms with Gasteiger partial charge in [-0.2, -0.15) is 30.3 Å². The first-order valence-electron chi connectivity index (χ1n) is 3.98. The van der Waals surface area contributed by atoms with Gasteiger partial charge in [-0.25, -0.2) is 0 Å². The van der Waals surface area contributed by atoms with Crippen molar-refractivity contribution in [3.05, 3.63) is 60.7 Å². The maximum Gasteiger partial charge on any atom is 1.00 e. The minimum absolute atomic E-state index is 0. The van der Waals surface area contributed by atoms with E-state index in [0.717, 1.165) is 0 Å². The van der Waals surface area contributed by atoms with Gasteiger partial charge in [0.15, 0.2) is 0 Å². The average Bonchev–Trinajstić information content (AvgIpc) is 2.21. The Kier molecular flexibility index (Phi) is 4.23. The zero-order valence-corrected chi connectivity index (χ0v) is 9.70. The fraction of sp³-hybridized carbons (Fsp3) is 0. The first-order valence-corrected chi connectivity index (χ1v) is 3.98. The molecule has 0 aromatic heterocycles. The summed E-state index contributed by atoms with van der Waals surface area (Å²) >= 11 is 0. The van der Waals surface area contributed by atoms with Gasteiger partial charge < -0.3 is 0 Å². The summed E-state index contributed by atoms with van der Waals surface area (Å²) in [5.41, 5.74) is 2.47. The van der Waals surface area contributed by atoms with Crippen LogP contribution in [0, 0.1) is 6.07 Å². The molecule has 0 fully saturated rings. The van der Waals surface area contributed by atoms with Gasteiger partial charge in [0.1, 0.15) is 0 Å². The molecule has 0 aliphatic rings. The molecule has 0 bridgehead atoms. The van der Waals surface area contributed by atoms with Crippen LogP contribution in [0.3, 0.4) is 0 Å². The van der Waals surface area contributed by atoms with Crippen LogP contribution in [0.15, 0.2) is 54.6 Å². The molecule has 0 heterocycles. The Morgan fingerprint density at radius 3 is 2.08 bits per heavy atom. The molecule has 0 amide bonds. The van der Waals surface area contributed by atoms with Gasteiger partial charge in [0.2, 0.25) is 0 Å². The fourth-order valence-electron chi connectivity index (χ4n) is 1.20. The maximum absolute atomic E-state index is 3.06. The van der Waals surface area contributed by atoms with E-state index in [1.807, 2.05) is 36.4 Å². The van der Waals surface area contributed by atoms with E-state index in [-0.39, 0.29) is 29.6 Å². The average molecular weight is 176 g/mol. The second-order valence-corrected chi connectivity index (χ2v) is 2.66. The quantitative estimate of drug-likeness (QED) is 0.429. The zero-order valence-electron chi connectivity index (χ0n) is 7.70. The van der Waals surface area contributed by atoms with Gasteiger partial charge in [-0.3, -0.25) is 0 Å². The second-order valence-electron chi connectivity index (χ2n) is 2.66. The summed E-state index contributed by atoms with van der Waals surface area (Å²) in [4.78, 5) is 0. The molecule has 0 radical (unpaired) electrons. The summed E-state index contributed by atoms with van der Waals surface area (Å²) in [6, 6.07) is 21.4. The largest absolute Gasteiger partial charge is 1.00 e. The molecule has 0 nitrogen and oxygen atoms in total. The van der Waals surface area contributed by atoms with E-state index in [9.17, 15) is 0 Å². The van der Waals surface area contributed by atoms with Crippen LogP contribution in [-0.2, 0) is 0 Å². The minimum Gasteiger partial charge on any atom is -0.183 e. The molecule has 0 unspecified atom stereocenters. The summed E-state index contributed by atoms with van der Waals surface area (Å²) in [7, 11) is 0. The molecule has 0 atom stereocenters. The summed E-state index contributed by atoms with van der Waals surface area (Å²) in [5, 5.41) is 0. The molecule has 0 saturated carbocycles. The topological polar surface area (TPSA) is 0 Å². The predicted molar refractivity (Wildman–Crippen MR) is 50.7 cm³/mol. The van der Waals surface area contributed by atoms with Gasteiger partial charge in [-0.15, -0.1) is 5.56 Å². The van der Waals surface area contributed by atoms with E-state index < -0.39 is 0 Å². The Hall–Kier alpha value is -0.560. The molecule has 13 heavy (non-hydrogen) atoms.